The molecule has 1 aromatic rings. The van der Waals surface area contributed by atoms with E-state index in [0.717, 1.165) is 12.8 Å². The fourth-order valence-electron chi connectivity index (χ4n) is 2.09. The Morgan fingerprint density at radius 2 is 2.11 bits per heavy atom. The number of rotatable bonds is 3. The highest BCUT2D eigenvalue weighted by Crippen LogP contribution is 2.30. The molecule has 0 amide bonds. The van der Waals surface area contributed by atoms with Gasteiger partial charge in [-0.2, -0.15) is 0 Å². The first-order valence-corrected chi connectivity index (χ1v) is 6.95. The van der Waals surface area contributed by atoms with Crippen LogP contribution in [0.4, 0.5) is 0 Å². The largest absolute Gasteiger partial charge is 0.395 e. The van der Waals surface area contributed by atoms with E-state index in [2.05, 4.69) is 34.9 Å². The van der Waals surface area contributed by atoms with Gasteiger partial charge in [0.2, 0.25) is 0 Å². The van der Waals surface area contributed by atoms with Crippen LogP contribution >= 0.6 is 12.2 Å². The van der Waals surface area contributed by atoms with Gasteiger partial charge in [0, 0.05) is 6.54 Å². The van der Waals surface area contributed by atoms with Gasteiger partial charge in [-0.15, -0.1) is 0 Å². The van der Waals surface area contributed by atoms with Gasteiger partial charge in [0.1, 0.15) is 0 Å². The molecule has 18 heavy (non-hydrogen) atoms. The van der Waals surface area contributed by atoms with Gasteiger partial charge in [-0.25, -0.2) is 0 Å². The van der Waals surface area contributed by atoms with Gasteiger partial charge in [-0.3, -0.25) is 0 Å². The summed E-state index contributed by atoms with van der Waals surface area (Å²) < 4.78 is 0. The van der Waals surface area contributed by atoms with Crippen molar-refractivity contribution >= 4 is 17.3 Å². The first-order chi connectivity index (χ1) is 8.81. The minimum absolute atomic E-state index is 0.100. The van der Waals surface area contributed by atoms with E-state index < -0.39 is 0 Å². The van der Waals surface area contributed by atoms with Crippen LogP contribution in [0, 0.1) is 0 Å². The number of aryl methyl sites for hydroxylation is 1. The van der Waals surface area contributed by atoms with Crippen molar-refractivity contribution in [2.75, 3.05) is 13.2 Å². The lowest BCUT2D eigenvalue weighted by molar-refractivity contribution is 0.300. The highest BCUT2D eigenvalue weighted by atomic mass is 32.1. The number of aliphatic hydroxyl groups is 1. The number of aliphatic hydroxyl groups excluding tert-OH is 1. The van der Waals surface area contributed by atoms with Crippen molar-refractivity contribution in [1.82, 2.24) is 10.6 Å². The van der Waals surface area contributed by atoms with E-state index in [1.54, 1.807) is 0 Å². The Morgan fingerprint density at radius 1 is 1.39 bits per heavy atom. The van der Waals surface area contributed by atoms with Crippen LogP contribution in [0.3, 0.4) is 0 Å². The molecule has 0 saturated carbocycles. The number of benzene rings is 1. The van der Waals surface area contributed by atoms with Gasteiger partial charge in [0.25, 0.3) is 0 Å². The molecule has 0 fully saturated rings. The van der Waals surface area contributed by atoms with Crippen LogP contribution < -0.4 is 10.6 Å². The number of hydrogen-bond acceptors (Lipinski definition) is 2. The third kappa shape index (κ3) is 3.96. The summed E-state index contributed by atoms with van der Waals surface area (Å²) in [6, 6.07) is 8.76. The average Bonchev–Trinajstić information content (AvgIpc) is 2.82. The third-order valence-corrected chi connectivity index (χ3v) is 3.10. The Morgan fingerprint density at radius 3 is 2.83 bits per heavy atom. The minimum atomic E-state index is 0.100. The molecule has 0 saturated heterocycles. The fraction of sp³-hybridized carbons (Fsp3) is 0.500. The summed E-state index contributed by atoms with van der Waals surface area (Å²) in [6.07, 6.45) is 2.19. The maximum Gasteiger partial charge on any atom is 0.166 e. The number of fused-ring (bicyclic) bond motifs is 1. The fourth-order valence-corrected chi connectivity index (χ4v) is 2.33. The first kappa shape index (κ1) is 14.9. The van der Waals surface area contributed by atoms with Crippen LogP contribution in [0.2, 0.25) is 0 Å². The second kappa shape index (κ2) is 8.06. The SMILES string of the molecule is CC.OCCNC(=S)NC1CCc2ccccc21. The molecule has 1 atom stereocenters. The van der Waals surface area contributed by atoms with Crippen LogP contribution in [0.25, 0.3) is 0 Å². The van der Waals surface area contributed by atoms with Crippen LogP contribution in [0.15, 0.2) is 24.3 Å². The number of nitrogens with one attached hydrogen (secondary N) is 2. The summed E-state index contributed by atoms with van der Waals surface area (Å²) >= 11 is 5.15. The number of thiocarbonyl (C=S) groups is 1. The summed E-state index contributed by atoms with van der Waals surface area (Å²) in [6.45, 7) is 4.60. The molecule has 1 aliphatic carbocycles. The van der Waals surface area contributed by atoms with Crippen molar-refractivity contribution in [3.63, 3.8) is 0 Å². The molecule has 0 aromatic heterocycles. The molecule has 3 N–H and O–H groups in total. The standard InChI is InChI=1S/C12H16N2OS.C2H6/c15-8-7-13-12(16)14-11-6-5-9-3-1-2-4-10(9)11;1-2/h1-4,11,15H,5-8H2,(H2,13,14,16);1-2H3. The zero-order valence-electron chi connectivity index (χ0n) is 11.1. The lowest BCUT2D eigenvalue weighted by Gasteiger charge is -2.16. The lowest BCUT2D eigenvalue weighted by atomic mass is 10.1. The van der Waals surface area contributed by atoms with Crippen molar-refractivity contribution in [2.45, 2.75) is 32.7 Å². The smallest absolute Gasteiger partial charge is 0.166 e. The monoisotopic (exact) mass is 266 g/mol. The summed E-state index contributed by atoms with van der Waals surface area (Å²) in [5.74, 6) is 0. The molecular weight excluding hydrogens is 244 g/mol. The van der Waals surface area contributed by atoms with E-state index in [1.807, 2.05) is 13.8 Å². The minimum Gasteiger partial charge on any atom is -0.395 e. The maximum atomic E-state index is 8.68. The molecule has 1 aliphatic rings. The molecule has 1 aromatic carbocycles. The number of hydrogen-bond donors (Lipinski definition) is 3. The predicted octanol–water partition coefficient (Wildman–Crippen LogP) is 2.16. The lowest BCUT2D eigenvalue weighted by Crippen LogP contribution is -2.38. The van der Waals surface area contributed by atoms with Crippen LogP contribution in [-0.2, 0) is 6.42 Å². The van der Waals surface area contributed by atoms with Crippen molar-refractivity contribution in [3.05, 3.63) is 35.4 Å². The van der Waals surface area contributed by atoms with Crippen LogP contribution in [0.1, 0.15) is 37.4 Å². The normalized spacial score (nSPS) is 16.3. The highest BCUT2D eigenvalue weighted by Gasteiger charge is 2.21. The zero-order valence-corrected chi connectivity index (χ0v) is 11.9. The van der Waals surface area contributed by atoms with Gasteiger partial charge < -0.3 is 15.7 Å². The summed E-state index contributed by atoms with van der Waals surface area (Å²) in [7, 11) is 0. The molecule has 4 heteroatoms. The quantitative estimate of drug-likeness (QED) is 0.734. The van der Waals surface area contributed by atoms with Crippen molar-refractivity contribution in [2.24, 2.45) is 0 Å². The maximum absolute atomic E-state index is 8.68. The molecule has 0 heterocycles. The topological polar surface area (TPSA) is 44.3 Å². The Kier molecular flexibility index (Phi) is 6.68. The van der Waals surface area contributed by atoms with Gasteiger partial charge in [-0.1, -0.05) is 38.1 Å². The predicted molar refractivity (Wildman–Crippen MR) is 79.7 cm³/mol. The van der Waals surface area contributed by atoms with Gasteiger partial charge >= 0.3 is 0 Å². The molecule has 0 radical (unpaired) electrons. The Balaban J connectivity index is 0.000000771. The molecule has 0 aliphatic heterocycles. The van der Waals surface area contributed by atoms with E-state index in [-0.39, 0.29) is 6.61 Å². The van der Waals surface area contributed by atoms with Crippen molar-refractivity contribution < 1.29 is 5.11 Å². The molecule has 3 nitrogen and oxygen atoms in total. The van der Waals surface area contributed by atoms with E-state index in [9.17, 15) is 0 Å². The summed E-state index contributed by atoms with van der Waals surface area (Å²) in [5, 5.41) is 15.5. The molecular formula is C14H22N2OS. The van der Waals surface area contributed by atoms with Crippen molar-refractivity contribution in [1.29, 1.82) is 0 Å². The van der Waals surface area contributed by atoms with E-state index in [4.69, 9.17) is 17.3 Å². The average molecular weight is 266 g/mol. The second-order valence-electron chi connectivity index (χ2n) is 3.91. The van der Waals surface area contributed by atoms with E-state index in [0.29, 0.717) is 17.7 Å². The van der Waals surface area contributed by atoms with E-state index >= 15 is 0 Å². The van der Waals surface area contributed by atoms with Gasteiger partial charge in [0.15, 0.2) is 5.11 Å². The van der Waals surface area contributed by atoms with E-state index in [1.165, 1.54) is 11.1 Å². The van der Waals surface area contributed by atoms with Crippen molar-refractivity contribution in [3.8, 4) is 0 Å². The molecule has 0 spiro atoms. The Bertz CT molecular complexity index is 382. The molecule has 1 unspecified atom stereocenters. The third-order valence-electron chi connectivity index (χ3n) is 2.84. The molecule has 0 bridgehead atoms. The zero-order chi connectivity index (χ0) is 13.4. The Hall–Kier alpha value is -1.13. The summed E-state index contributed by atoms with van der Waals surface area (Å²) in [5.41, 5.74) is 2.75. The van der Waals surface area contributed by atoms with Crippen LogP contribution in [0.5, 0.6) is 0 Å². The first-order valence-electron chi connectivity index (χ1n) is 6.54. The van der Waals surface area contributed by atoms with Crippen LogP contribution in [-0.4, -0.2) is 23.4 Å². The second-order valence-corrected chi connectivity index (χ2v) is 4.32. The Labute approximate surface area is 115 Å². The van der Waals surface area contributed by atoms with Gasteiger partial charge in [0.05, 0.1) is 12.6 Å². The molecule has 100 valence electrons. The highest BCUT2D eigenvalue weighted by molar-refractivity contribution is 7.80. The van der Waals surface area contributed by atoms with Gasteiger partial charge in [-0.05, 0) is 36.2 Å². The summed E-state index contributed by atoms with van der Waals surface area (Å²) in [4.78, 5) is 0. The molecule has 2 rings (SSSR count).